The summed E-state index contributed by atoms with van der Waals surface area (Å²) < 4.78 is 0. The molecular weight excluding hydrogens is 258 g/mol. The topological polar surface area (TPSA) is 29.0 Å². The molecule has 3 aromatic rings. The van der Waals surface area contributed by atoms with Crippen LogP contribution < -0.4 is 4.90 Å². The fourth-order valence-corrected chi connectivity index (χ4v) is 2.35. The molecule has 0 aliphatic heterocycles. The van der Waals surface area contributed by atoms with Crippen LogP contribution in [0.3, 0.4) is 0 Å². The van der Waals surface area contributed by atoms with Gasteiger partial charge in [0.2, 0.25) is 0 Å². The molecule has 0 aliphatic carbocycles. The summed E-state index contributed by atoms with van der Waals surface area (Å²) in [5.74, 6) is 0. The minimum Gasteiger partial charge on any atom is -0.378 e. The standard InChI is InChI=1S/C18H17N3/c1-21(2)15-9-7-14(8-10-15)16-5-3-4-6-17(16)18-11-12-19-13-20-18/h3-13H,1-2H3. The van der Waals surface area contributed by atoms with Gasteiger partial charge in [0.05, 0.1) is 5.69 Å². The molecule has 0 fully saturated rings. The lowest BCUT2D eigenvalue weighted by Gasteiger charge is -2.14. The molecule has 3 heteroatoms. The second kappa shape index (κ2) is 5.75. The fraction of sp³-hybridized carbons (Fsp3) is 0.111. The fourth-order valence-electron chi connectivity index (χ4n) is 2.35. The van der Waals surface area contributed by atoms with E-state index in [1.54, 1.807) is 12.5 Å². The smallest absolute Gasteiger partial charge is 0.116 e. The van der Waals surface area contributed by atoms with E-state index in [0.717, 1.165) is 11.3 Å². The third-order valence-electron chi connectivity index (χ3n) is 3.48. The van der Waals surface area contributed by atoms with Gasteiger partial charge in [0, 0.05) is 31.5 Å². The summed E-state index contributed by atoms with van der Waals surface area (Å²) in [5.41, 5.74) is 5.63. The van der Waals surface area contributed by atoms with Crippen LogP contribution in [0.25, 0.3) is 22.4 Å². The third-order valence-corrected chi connectivity index (χ3v) is 3.48. The molecule has 1 aromatic heterocycles. The van der Waals surface area contributed by atoms with Gasteiger partial charge in [-0.2, -0.15) is 0 Å². The summed E-state index contributed by atoms with van der Waals surface area (Å²) in [6, 6.07) is 18.8. The number of aromatic nitrogens is 2. The molecule has 3 nitrogen and oxygen atoms in total. The first-order valence-electron chi connectivity index (χ1n) is 6.89. The molecule has 0 unspecified atom stereocenters. The Hall–Kier alpha value is -2.68. The highest BCUT2D eigenvalue weighted by Gasteiger charge is 2.07. The van der Waals surface area contributed by atoms with E-state index in [1.807, 2.05) is 26.2 Å². The van der Waals surface area contributed by atoms with E-state index in [9.17, 15) is 0 Å². The van der Waals surface area contributed by atoms with E-state index < -0.39 is 0 Å². The molecule has 0 N–H and O–H groups in total. The van der Waals surface area contributed by atoms with Crippen LogP contribution in [0, 0.1) is 0 Å². The van der Waals surface area contributed by atoms with Crippen LogP contribution in [-0.4, -0.2) is 24.1 Å². The Kier molecular flexibility index (Phi) is 3.65. The van der Waals surface area contributed by atoms with Gasteiger partial charge in [-0.05, 0) is 29.3 Å². The molecule has 0 saturated heterocycles. The highest BCUT2D eigenvalue weighted by atomic mass is 15.1. The van der Waals surface area contributed by atoms with Gasteiger partial charge in [-0.25, -0.2) is 9.97 Å². The van der Waals surface area contributed by atoms with E-state index in [2.05, 4.69) is 57.3 Å². The van der Waals surface area contributed by atoms with Crippen molar-refractivity contribution in [2.45, 2.75) is 0 Å². The molecule has 2 aromatic carbocycles. The van der Waals surface area contributed by atoms with Crippen LogP contribution >= 0.6 is 0 Å². The Morgan fingerprint density at radius 2 is 1.52 bits per heavy atom. The lowest BCUT2D eigenvalue weighted by atomic mass is 9.97. The number of hydrogen-bond acceptors (Lipinski definition) is 3. The summed E-state index contributed by atoms with van der Waals surface area (Å²) in [5, 5.41) is 0. The zero-order chi connectivity index (χ0) is 14.7. The predicted molar refractivity (Wildman–Crippen MR) is 87.2 cm³/mol. The summed E-state index contributed by atoms with van der Waals surface area (Å²) in [4.78, 5) is 10.4. The quantitative estimate of drug-likeness (QED) is 0.726. The maximum absolute atomic E-state index is 4.36. The van der Waals surface area contributed by atoms with Crippen molar-refractivity contribution in [1.29, 1.82) is 0 Å². The average Bonchev–Trinajstić information content (AvgIpc) is 2.56. The lowest BCUT2D eigenvalue weighted by molar-refractivity contribution is 1.13. The molecule has 0 aliphatic rings. The zero-order valence-electron chi connectivity index (χ0n) is 12.2. The van der Waals surface area contributed by atoms with E-state index in [0.29, 0.717) is 0 Å². The Balaban J connectivity index is 2.07. The van der Waals surface area contributed by atoms with Gasteiger partial charge in [-0.3, -0.25) is 0 Å². The Morgan fingerprint density at radius 1 is 0.810 bits per heavy atom. The molecule has 104 valence electrons. The number of benzene rings is 2. The van der Waals surface area contributed by atoms with Crippen LogP contribution in [-0.2, 0) is 0 Å². The molecule has 0 bridgehead atoms. The number of hydrogen-bond donors (Lipinski definition) is 0. The molecular formula is C18H17N3. The summed E-state index contributed by atoms with van der Waals surface area (Å²) in [7, 11) is 4.09. The van der Waals surface area contributed by atoms with E-state index in [1.165, 1.54) is 16.8 Å². The molecule has 3 rings (SSSR count). The van der Waals surface area contributed by atoms with Crippen molar-refractivity contribution in [3.63, 3.8) is 0 Å². The molecule has 21 heavy (non-hydrogen) atoms. The second-order valence-electron chi connectivity index (χ2n) is 5.08. The average molecular weight is 275 g/mol. The predicted octanol–water partition coefficient (Wildman–Crippen LogP) is 3.88. The van der Waals surface area contributed by atoms with Gasteiger partial charge in [-0.1, -0.05) is 36.4 Å². The molecule has 0 spiro atoms. The first kappa shape index (κ1) is 13.3. The highest BCUT2D eigenvalue weighted by molar-refractivity contribution is 5.82. The van der Waals surface area contributed by atoms with Crippen molar-refractivity contribution >= 4 is 5.69 Å². The van der Waals surface area contributed by atoms with Crippen LogP contribution in [0.4, 0.5) is 5.69 Å². The minimum atomic E-state index is 0.942. The van der Waals surface area contributed by atoms with Crippen molar-refractivity contribution in [1.82, 2.24) is 9.97 Å². The van der Waals surface area contributed by atoms with Gasteiger partial charge in [0.25, 0.3) is 0 Å². The normalized spacial score (nSPS) is 10.4. The van der Waals surface area contributed by atoms with Crippen LogP contribution in [0.1, 0.15) is 0 Å². The van der Waals surface area contributed by atoms with Gasteiger partial charge < -0.3 is 4.90 Å². The first-order chi connectivity index (χ1) is 10.3. The van der Waals surface area contributed by atoms with Crippen molar-refractivity contribution in [3.8, 4) is 22.4 Å². The Labute approximate surface area is 124 Å². The zero-order valence-corrected chi connectivity index (χ0v) is 12.2. The SMILES string of the molecule is CN(C)c1ccc(-c2ccccc2-c2ccncn2)cc1. The molecule has 1 heterocycles. The first-order valence-corrected chi connectivity index (χ1v) is 6.89. The molecule has 0 saturated carbocycles. The third kappa shape index (κ3) is 2.77. The van der Waals surface area contributed by atoms with E-state index in [4.69, 9.17) is 0 Å². The van der Waals surface area contributed by atoms with Crippen LogP contribution in [0.5, 0.6) is 0 Å². The molecule has 0 amide bonds. The monoisotopic (exact) mass is 275 g/mol. The van der Waals surface area contributed by atoms with Gasteiger partial charge in [0.15, 0.2) is 0 Å². The van der Waals surface area contributed by atoms with Crippen molar-refractivity contribution in [3.05, 3.63) is 67.1 Å². The van der Waals surface area contributed by atoms with Crippen LogP contribution in [0.2, 0.25) is 0 Å². The van der Waals surface area contributed by atoms with Crippen LogP contribution in [0.15, 0.2) is 67.1 Å². The maximum Gasteiger partial charge on any atom is 0.116 e. The number of nitrogens with zero attached hydrogens (tertiary/aromatic N) is 3. The maximum atomic E-state index is 4.36. The Morgan fingerprint density at radius 3 is 2.14 bits per heavy atom. The molecule has 0 radical (unpaired) electrons. The largest absolute Gasteiger partial charge is 0.378 e. The van der Waals surface area contributed by atoms with Crippen molar-refractivity contribution in [2.24, 2.45) is 0 Å². The summed E-state index contributed by atoms with van der Waals surface area (Å²) >= 11 is 0. The van der Waals surface area contributed by atoms with E-state index >= 15 is 0 Å². The number of anilines is 1. The van der Waals surface area contributed by atoms with Crippen molar-refractivity contribution in [2.75, 3.05) is 19.0 Å². The Bertz CT molecular complexity index is 719. The van der Waals surface area contributed by atoms with E-state index in [-0.39, 0.29) is 0 Å². The minimum absolute atomic E-state index is 0.942. The summed E-state index contributed by atoms with van der Waals surface area (Å²) in [6.07, 6.45) is 3.36. The molecule has 0 atom stereocenters. The van der Waals surface area contributed by atoms with Gasteiger partial charge >= 0.3 is 0 Å². The second-order valence-corrected chi connectivity index (χ2v) is 5.08. The lowest BCUT2D eigenvalue weighted by Crippen LogP contribution is -2.07. The highest BCUT2D eigenvalue weighted by Crippen LogP contribution is 2.31. The van der Waals surface area contributed by atoms with Gasteiger partial charge in [0.1, 0.15) is 6.33 Å². The van der Waals surface area contributed by atoms with Crippen molar-refractivity contribution < 1.29 is 0 Å². The summed E-state index contributed by atoms with van der Waals surface area (Å²) in [6.45, 7) is 0. The number of rotatable bonds is 3. The van der Waals surface area contributed by atoms with Gasteiger partial charge in [-0.15, -0.1) is 0 Å².